The number of rotatable bonds is 9. The fraction of sp³-hybridized carbons (Fsp3) is 0.348. The van der Waals surface area contributed by atoms with Gasteiger partial charge in [-0.25, -0.2) is 4.79 Å². The van der Waals surface area contributed by atoms with Gasteiger partial charge in [0.1, 0.15) is 0 Å². The zero-order valence-corrected chi connectivity index (χ0v) is 17.7. The van der Waals surface area contributed by atoms with Crippen molar-refractivity contribution in [1.29, 1.82) is 0 Å². The second-order valence-corrected chi connectivity index (χ2v) is 6.82. The first kappa shape index (κ1) is 22.1. The average molecular weight is 426 g/mol. The van der Waals surface area contributed by atoms with Crippen molar-refractivity contribution in [1.82, 2.24) is 0 Å². The monoisotopic (exact) mass is 426 g/mol. The number of carbonyl (C=O) groups is 3. The van der Waals surface area contributed by atoms with E-state index < -0.39 is 18.5 Å². The third kappa shape index (κ3) is 5.53. The molecule has 0 aliphatic carbocycles. The van der Waals surface area contributed by atoms with Crippen LogP contribution in [0.3, 0.4) is 0 Å². The molecule has 3 rings (SSSR count). The number of carbonyl (C=O) groups excluding carboxylic acids is 3. The number of para-hydroxylation sites is 2. The van der Waals surface area contributed by atoms with Crippen molar-refractivity contribution in [3.05, 3.63) is 48.0 Å². The van der Waals surface area contributed by atoms with Gasteiger partial charge >= 0.3 is 5.97 Å². The van der Waals surface area contributed by atoms with E-state index in [1.807, 2.05) is 13.8 Å². The summed E-state index contributed by atoms with van der Waals surface area (Å²) in [5.74, 6) is -0.154. The van der Waals surface area contributed by atoms with Gasteiger partial charge in [0.25, 0.3) is 5.91 Å². The Labute approximate surface area is 181 Å². The number of esters is 1. The Balaban J connectivity index is 1.62. The summed E-state index contributed by atoms with van der Waals surface area (Å²) in [7, 11) is 0. The first-order valence-corrected chi connectivity index (χ1v) is 10.3. The lowest BCUT2D eigenvalue weighted by atomic mass is 10.2. The predicted molar refractivity (Wildman–Crippen MR) is 116 cm³/mol. The maximum atomic E-state index is 12.4. The molecule has 0 unspecified atom stereocenters. The Morgan fingerprint density at radius 3 is 2.48 bits per heavy atom. The third-order valence-corrected chi connectivity index (χ3v) is 4.66. The van der Waals surface area contributed by atoms with Crippen molar-refractivity contribution in [3.63, 3.8) is 0 Å². The molecule has 1 saturated heterocycles. The highest BCUT2D eigenvalue weighted by Gasteiger charge is 2.24. The van der Waals surface area contributed by atoms with Gasteiger partial charge in [-0.15, -0.1) is 0 Å². The van der Waals surface area contributed by atoms with Crippen LogP contribution in [0, 0.1) is 0 Å². The first-order valence-electron chi connectivity index (χ1n) is 10.3. The summed E-state index contributed by atoms with van der Waals surface area (Å²) >= 11 is 0. The van der Waals surface area contributed by atoms with E-state index in [1.165, 1.54) is 6.07 Å². The minimum Gasteiger partial charge on any atom is -0.490 e. The van der Waals surface area contributed by atoms with Crippen LogP contribution in [-0.2, 0) is 14.3 Å². The molecule has 1 aliphatic heterocycles. The summed E-state index contributed by atoms with van der Waals surface area (Å²) in [5, 5.41) is 2.72. The SMILES string of the molecule is CCOc1ccc(C(=O)OCC(=O)Nc2ccccc2N2CCCC2=O)cc1OCC. The van der Waals surface area contributed by atoms with Crippen LogP contribution in [0.5, 0.6) is 11.5 Å². The molecule has 0 spiro atoms. The highest BCUT2D eigenvalue weighted by atomic mass is 16.5. The largest absolute Gasteiger partial charge is 0.490 e. The number of hydrogen-bond acceptors (Lipinski definition) is 6. The van der Waals surface area contributed by atoms with Crippen LogP contribution in [0.1, 0.15) is 37.0 Å². The second kappa shape index (κ2) is 10.5. The van der Waals surface area contributed by atoms with Crippen molar-refractivity contribution in [2.24, 2.45) is 0 Å². The number of ether oxygens (including phenoxy) is 3. The standard InChI is InChI=1S/C23H26N2O6/c1-3-29-19-12-11-16(14-20(19)30-4-2)23(28)31-15-21(26)24-17-8-5-6-9-18(17)25-13-7-10-22(25)27/h5-6,8-9,11-12,14H,3-4,7,10,13,15H2,1-2H3,(H,24,26). The van der Waals surface area contributed by atoms with Gasteiger partial charge in [-0.1, -0.05) is 12.1 Å². The van der Waals surface area contributed by atoms with Gasteiger partial charge in [0.05, 0.1) is 30.2 Å². The van der Waals surface area contributed by atoms with E-state index >= 15 is 0 Å². The predicted octanol–water partition coefficient (Wildman–Crippen LogP) is 3.41. The summed E-state index contributed by atoms with van der Waals surface area (Å²) in [4.78, 5) is 38.5. The van der Waals surface area contributed by atoms with Crippen LogP contribution in [0.15, 0.2) is 42.5 Å². The summed E-state index contributed by atoms with van der Waals surface area (Å²) < 4.78 is 16.1. The third-order valence-electron chi connectivity index (χ3n) is 4.66. The van der Waals surface area contributed by atoms with E-state index in [1.54, 1.807) is 41.3 Å². The van der Waals surface area contributed by atoms with Crippen LogP contribution >= 0.6 is 0 Å². The molecule has 0 aromatic heterocycles. The molecular weight excluding hydrogens is 400 g/mol. The molecule has 1 N–H and O–H groups in total. The van der Waals surface area contributed by atoms with Crippen molar-refractivity contribution in [2.75, 3.05) is 36.6 Å². The minimum absolute atomic E-state index is 0.0220. The molecule has 8 heteroatoms. The Morgan fingerprint density at radius 1 is 1.03 bits per heavy atom. The van der Waals surface area contributed by atoms with E-state index in [-0.39, 0.29) is 11.5 Å². The van der Waals surface area contributed by atoms with E-state index in [9.17, 15) is 14.4 Å². The molecular formula is C23H26N2O6. The Bertz CT molecular complexity index is 959. The maximum Gasteiger partial charge on any atom is 0.338 e. The zero-order chi connectivity index (χ0) is 22.2. The molecule has 0 radical (unpaired) electrons. The fourth-order valence-electron chi connectivity index (χ4n) is 3.30. The first-order chi connectivity index (χ1) is 15.0. The normalized spacial score (nSPS) is 13.1. The van der Waals surface area contributed by atoms with Crippen LogP contribution in [0.4, 0.5) is 11.4 Å². The maximum absolute atomic E-state index is 12.4. The Hall–Kier alpha value is -3.55. The fourth-order valence-corrected chi connectivity index (χ4v) is 3.30. The van der Waals surface area contributed by atoms with Crippen LogP contribution in [0.2, 0.25) is 0 Å². The number of nitrogens with one attached hydrogen (secondary N) is 1. The highest BCUT2D eigenvalue weighted by Crippen LogP contribution is 2.30. The number of amides is 2. The van der Waals surface area contributed by atoms with Crippen LogP contribution in [0.25, 0.3) is 0 Å². The minimum atomic E-state index is -0.651. The zero-order valence-electron chi connectivity index (χ0n) is 17.7. The molecule has 8 nitrogen and oxygen atoms in total. The van der Waals surface area contributed by atoms with Gasteiger partial charge in [-0.05, 0) is 50.6 Å². The van der Waals surface area contributed by atoms with Crippen molar-refractivity contribution in [2.45, 2.75) is 26.7 Å². The number of hydrogen-bond donors (Lipinski definition) is 1. The van der Waals surface area contributed by atoms with Crippen LogP contribution < -0.4 is 19.7 Å². The van der Waals surface area contributed by atoms with E-state index in [0.717, 1.165) is 6.42 Å². The number of nitrogens with zero attached hydrogens (tertiary/aromatic N) is 1. The highest BCUT2D eigenvalue weighted by molar-refractivity contribution is 6.02. The van der Waals surface area contributed by atoms with Gasteiger partial charge in [0.2, 0.25) is 5.91 Å². The molecule has 1 heterocycles. The molecule has 2 amide bonds. The lowest BCUT2D eigenvalue weighted by Gasteiger charge is -2.20. The van der Waals surface area contributed by atoms with Gasteiger partial charge in [-0.3, -0.25) is 9.59 Å². The molecule has 164 valence electrons. The number of anilines is 2. The molecule has 0 atom stereocenters. The van der Waals surface area contributed by atoms with E-state index in [4.69, 9.17) is 14.2 Å². The van der Waals surface area contributed by atoms with Crippen molar-refractivity contribution >= 4 is 29.2 Å². The van der Waals surface area contributed by atoms with Crippen molar-refractivity contribution < 1.29 is 28.6 Å². The number of benzene rings is 2. The lowest BCUT2D eigenvalue weighted by molar-refractivity contribution is -0.119. The van der Waals surface area contributed by atoms with Gasteiger partial charge in [0.15, 0.2) is 18.1 Å². The van der Waals surface area contributed by atoms with Crippen molar-refractivity contribution in [3.8, 4) is 11.5 Å². The molecule has 0 saturated carbocycles. The molecule has 1 fully saturated rings. The second-order valence-electron chi connectivity index (χ2n) is 6.82. The lowest BCUT2D eigenvalue weighted by Crippen LogP contribution is -2.27. The van der Waals surface area contributed by atoms with E-state index in [2.05, 4.69) is 5.32 Å². The smallest absolute Gasteiger partial charge is 0.338 e. The Morgan fingerprint density at radius 2 is 1.77 bits per heavy atom. The van der Waals surface area contributed by atoms with Gasteiger partial charge in [-0.2, -0.15) is 0 Å². The molecule has 1 aliphatic rings. The Kier molecular flexibility index (Phi) is 7.48. The molecule has 2 aromatic rings. The quantitative estimate of drug-likeness (QED) is 0.618. The summed E-state index contributed by atoms with van der Waals surface area (Å²) in [6.45, 7) is 4.72. The van der Waals surface area contributed by atoms with Gasteiger partial charge < -0.3 is 24.4 Å². The molecule has 0 bridgehead atoms. The summed E-state index contributed by atoms with van der Waals surface area (Å²) in [5.41, 5.74) is 1.39. The van der Waals surface area contributed by atoms with Gasteiger partial charge in [0, 0.05) is 13.0 Å². The van der Waals surface area contributed by atoms with Crippen LogP contribution in [-0.4, -0.2) is 44.1 Å². The van der Waals surface area contributed by atoms with E-state index in [0.29, 0.717) is 49.1 Å². The summed E-state index contributed by atoms with van der Waals surface area (Å²) in [6.07, 6.45) is 1.27. The topological polar surface area (TPSA) is 94.2 Å². The average Bonchev–Trinajstić information content (AvgIpc) is 3.19. The summed E-state index contributed by atoms with van der Waals surface area (Å²) in [6, 6.07) is 11.8. The molecule has 2 aromatic carbocycles. The molecule has 31 heavy (non-hydrogen) atoms.